The van der Waals surface area contributed by atoms with Crippen LogP contribution in [0.25, 0.3) is 109 Å². The first-order valence-corrected chi connectivity index (χ1v) is 19.7. The summed E-state index contributed by atoms with van der Waals surface area (Å²) in [4.78, 5) is 0. The summed E-state index contributed by atoms with van der Waals surface area (Å²) in [6.07, 6.45) is 0. The average Bonchev–Trinajstić information content (AvgIpc) is 3.28. The number of ether oxygens (including phenoxy) is 1. The van der Waals surface area contributed by atoms with Crippen LogP contribution in [0.4, 0.5) is 0 Å². The molecule has 1 nitrogen and oxygen atoms in total. The topological polar surface area (TPSA) is 9.23 Å². The third-order valence-electron chi connectivity index (χ3n) is 12.1. The Kier molecular flexibility index (Phi) is 7.00. The molecule has 0 saturated carbocycles. The summed E-state index contributed by atoms with van der Waals surface area (Å²) in [7, 11) is 0. The molecule has 0 aliphatic carbocycles. The molecule has 1 heterocycles. The van der Waals surface area contributed by atoms with Gasteiger partial charge in [0.1, 0.15) is 11.5 Å². The van der Waals surface area contributed by atoms with Crippen molar-refractivity contribution < 1.29 is 4.74 Å². The molecule has 1 aliphatic rings. The smallest absolute Gasteiger partial charge is 0.135 e. The summed E-state index contributed by atoms with van der Waals surface area (Å²) < 4.78 is 6.65. The van der Waals surface area contributed by atoms with Crippen LogP contribution < -0.4 is 4.74 Å². The zero-order valence-electron chi connectivity index (χ0n) is 31.0. The normalized spacial score (nSPS) is 12.0. The van der Waals surface area contributed by atoms with Gasteiger partial charge in [-0.25, -0.2) is 0 Å². The Balaban J connectivity index is 1.09. The van der Waals surface area contributed by atoms with E-state index in [1.165, 1.54) is 98.5 Å². The van der Waals surface area contributed by atoms with E-state index in [1.54, 1.807) is 0 Å². The fourth-order valence-corrected chi connectivity index (χ4v) is 9.58. The van der Waals surface area contributed by atoms with Crippen molar-refractivity contribution in [2.24, 2.45) is 0 Å². The molecule has 0 radical (unpaired) electrons. The van der Waals surface area contributed by atoms with Gasteiger partial charge in [-0.2, -0.15) is 0 Å². The molecule has 57 heavy (non-hydrogen) atoms. The van der Waals surface area contributed by atoms with Crippen LogP contribution in [-0.4, -0.2) is 0 Å². The lowest BCUT2D eigenvalue weighted by Crippen LogP contribution is -1.98. The van der Waals surface area contributed by atoms with Crippen molar-refractivity contribution in [1.29, 1.82) is 0 Å². The highest BCUT2D eigenvalue weighted by Crippen LogP contribution is 2.51. The third kappa shape index (κ3) is 4.83. The van der Waals surface area contributed by atoms with Crippen LogP contribution in [-0.2, 0) is 0 Å². The van der Waals surface area contributed by atoms with Crippen LogP contribution in [0.2, 0.25) is 0 Å². The van der Waals surface area contributed by atoms with Crippen LogP contribution in [0.3, 0.4) is 0 Å². The van der Waals surface area contributed by atoms with E-state index in [1.807, 2.05) is 0 Å². The molecule has 11 aromatic rings. The van der Waals surface area contributed by atoms with Gasteiger partial charge in [0, 0.05) is 10.9 Å². The van der Waals surface area contributed by atoms with Gasteiger partial charge in [0.05, 0.1) is 0 Å². The molecule has 0 amide bonds. The van der Waals surface area contributed by atoms with E-state index in [0.29, 0.717) is 0 Å². The van der Waals surface area contributed by atoms with Gasteiger partial charge >= 0.3 is 0 Å². The van der Waals surface area contributed by atoms with E-state index >= 15 is 0 Å². The minimum absolute atomic E-state index is 0.885. The van der Waals surface area contributed by atoms with Crippen molar-refractivity contribution in [3.63, 3.8) is 0 Å². The van der Waals surface area contributed by atoms with Crippen molar-refractivity contribution in [2.45, 2.75) is 0 Å². The second-order valence-electron chi connectivity index (χ2n) is 15.1. The van der Waals surface area contributed by atoms with Crippen LogP contribution in [0, 0.1) is 0 Å². The number of hydrogen-bond donors (Lipinski definition) is 0. The molecular formula is C56H34O. The van der Waals surface area contributed by atoms with Crippen LogP contribution in [0.1, 0.15) is 0 Å². The van der Waals surface area contributed by atoms with Crippen molar-refractivity contribution >= 4 is 53.9 Å². The summed E-state index contributed by atoms with van der Waals surface area (Å²) in [6.45, 7) is 0. The van der Waals surface area contributed by atoms with Gasteiger partial charge in [0.2, 0.25) is 0 Å². The predicted octanol–water partition coefficient (Wildman–Crippen LogP) is 15.9. The van der Waals surface area contributed by atoms with Gasteiger partial charge in [-0.15, -0.1) is 0 Å². The highest BCUT2D eigenvalue weighted by atomic mass is 16.5. The second kappa shape index (κ2) is 12.5. The van der Waals surface area contributed by atoms with Gasteiger partial charge in [0.25, 0.3) is 0 Å². The molecule has 0 spiro atoms. The Morgan fingerprint density at radius 1 is 0.246 bits per heavy atom. The van der Waals surface area contributed by atoms with Crippen molar-refractivity contribution in [1.82, 2.24) is 0 Å². The maximum atomic E-state index is 6.65. The Hall–Kier alpha value is -7.48. The Morgan fingerprint density at radius 3 is 1.61 bits per heavy atom. The number of hydrogen-bond acceptors (Lipinski definition) is 1. The second-order valence-corrected chi connectivity index (χ2v) is 15.1. The third-order valence-corrected chi connectivity index (χ3v) is 12.1. The lowest BCUT2D eigenvalue weighted by Gasteiger charge is -2.24. The molecule has 264 valence electrons. The SMILES string of the molecule is c1ccc(-c2ccc3c4c(cccc24)-c2cc(-c4ccc(-c5c6ccccc6c(-c6ccccc6)c6c5ccc5ccccc56)c5ccccc45)ccc2O3)cc1. The molecule has 0 atom stereocenters. The van der Waals surface area contributed by atoms with Gasteiger partial charge in [-0.3, -0.25) is 0 Å². The Morgan fingerprint density at radius 2 is 0.825 bits per heavy atom. The van der Waals surface area contributed by atoms with Gasteiger partial charge in [0.15, 0.2) is 0 Å². The summed E-state index contributed by atoms with van der Waals surface area (Å²) in [6, 6.07) is 75.2. The molecule has 0 fully saturated rings. The molecule has 0 bridgehead atoms. The maximum Gasteiger partial charge on any atom is 0.135 e. The Bertz CT molecular complexity index is 3420. The van der Waals surface area contributed by atoms with Crippen molar-refractivity contribution in [2.75, 3.05) is 0 Å². The fraction of sp³-hybridized carbons (Fsp3) is 0. The largest absolute Gasteiger partial charge is 0.456 e. The number of fused-ring (bicyclic) bond motifs is 7. The molecule has 0 aromatic heterocycles. The molecular weight excluding hydrogens is 689 g/mol. The summed E-state index contributed by atoms with van der Waals surface area (Å²) >= 11 is 0. The average molecular weight is 723 g/mol. The standard InChI is InChI=1S/C56H34O/c1-3-14-35(15-4-1)39-31-33-52-55-44(39)24-13-25-47(55)50-34-38(27-32-51(50)57-52)40-29-30-48(43-21-10-9-20-42(40)43)54-46-23-12-11-22-45(46)53(37-17-5-2-6-18-37)56-41-19-8-7-16-36(41)26-28-49(54)56/h1-34H. The summed E-state index contributed by atoms with van der Waals surface area (Å²) in [5.41, 5.74) is 12.1. The highest BCUT2D eigenvalue weighted by Gasteiger charge is 2.24. The molecule has 0 saturated heterocycles. The first-order chi connectivity index (χ1) is 28.3. The van der Waals surface area contributed by atoms with Crippen LogP contribution >= 0.6 is 0 Å². The van der Waals surface area contributed by atoms with E-state index in [-0.39, 0.29) is 0 Å². The van der Waals surface area contributed by atoms with E-state index in [9.17, 15) is 0 Å². The quantitative estimate of drug-likeness (QED) is 0.130. The number of rotatable bonds is 4. The monoisotopic (exact) mass is 722 g/mol. The molecule has 0 unspecified atom stereocenters. The van der Waals surface area contributed by atoms with Gasteiger partial charge in [-0.1, -0.05) is 188 Å². The summed E-state index contributed by atoms with van der Waals surface area (Å²) in [5, 5.41) is 12.4. The number of benzene rings is 11. The predicted molar refractivity (Wildman–Crippen MR) is 241 cm³/mol. The molecule has 12 rings (SSSR count). The van der Waals surface area contributed by atoms with Crippen LogP contribution in [0.5, 0.6) is 11.5 Å². The zero-order valence-corrected chi connectivity index (χ0v) is 31.0. The van der Waals surface area contributed by atoms with E-state index in [2.05, 4.69) is 206 Å². The fourth-order valence-electron chi connectivity index (χ4n) is 9.58. The van der Waals surface area contributed by atoms with E-state index in [4.69, 9.17) is 4.74 Å². The zero-order chi connectivity index (χ0) is 37.5. The molecule has 1 aliphatic heterocycles. The highest BCUT2D eigenvalue weighted by molar-refractivity contribution is 6.29. The molecule has 1 heteroatoms. The van der Waals surface area contributed by atoms with Crippen molar-refractivity contribution in [3.8, 4) is 67.1 Å². The van der Waals surface area contributed by atoms with Gasteiger partial charge in [-0.05, 0) is 117 Å². The minimum atomic E-state index is 0.885. The first-order valence-electron chi connectivity index (χ1n) is 19.7. The first kappa shape index (κ1) is 31.8. The maximum absolute atomic E-state index is 6.65. The summed E-state index contributed by atoms with van der Waals surface area (Å²) in [5.74, 6) is 1.79. The van der Waals surface area contributed by atoms with Gasteiger partial charge < -0.3 is 4.74 Å². The van der Waals surface area contributed by atoms with Crippen molar-refractivity contribution in [3.05, 3.63) is 206 Å². The molecule has 0 N–H and O–H groups in total. The minimum Gasteiger partial charge on any atom is -0.456 e. The van der Waals surface area contributed by atoms with E-state index in [0.717, 1.165) is 22.4 Å². The lowest BCUT2D eigenvalue weighted by molar-refractivity contribution is 0.487. The van der Waals surface area contributed by atoms with E-state index < -0.39 is 0 Å². The van der Waals surface area contributed by atoms with Crippen LogP contribution in [0.15, 0.2) is 206 Å². The lowest BCUT2D eigenvalue weighted by atomic mass is 9.82. The Labute approximate surface area is 330 Å². The molecule has 11 aromatic carbocycles.